The van der Waals surface area contributed by atoms with Crippen LogP contribution < -0.4 is 0 Å². The number of hydrogen-bond donors (Lipinski definition) is 0. The Kier molecular flexibility index (Phi) is 3.09. The van der Waals surface area contributed by atoms with Crippen LogP contribution in [0.3, 0.4) is 0 Å². The van der Waals surface area contributed by atoms with E-state index in [1.54, 1.807) is 11.3 Å². The highest BCUT2D eigenvalue weighted by Gasteiger charge is 2.04. The predicted molar refractivity (Wildman–Crippen MR) is 51.2 cm³/mol. The third-order valence-electron chi connectivity index (χ3n) is 1.99. The monoisotopic (exact) mass is 169 g/mol. The quantitative estimate of drug-likeness (QED) is 0.671. The lowest BCUT2D eigenvalue weighted by Gasteiger charge is -2.18. The highest BCUT2D eigenvalue weighted by atomic mass is 32.1. The van der Waals surface area contributed by atoms with Crippen molar-refractivity contribution in [2.75, 3.05) is 14.1 Å². The van der Waals surface area contributed by atoms with E-state index in [1.807, 2.05) is 0 Å². The topological polar surface area (TPSA) is 3.24 Å². The van der Waals surface area contributed by atoms with Crippen molar-refractivity contribution in [3.05, 3.63) is 22.4 Å². The van der Waals surface area contributed by atoms with Crippen molar-refractivity contribution >= 4 is 11.3 Å². The molecule has 1 aromatic rings. The van der Waals surface area contributed by atoms with Gasteiger partial charge in [-0.1, -0.05) is 0 Å². The average molecular weight is 169 g/mol. The molecule has 0 aliphatic heterocycles. The Morgan fingerprint density at radius 3 is 2.73 bits per heavy atom. The third kappa shape index (κ3) is 2.64. The Morgan fingerprint density at radius 1 is 1.55 bits per heavy atom. The molecular formula is C9H15NS. The van der Waals surface area contributed by atoms with Crippen molar-refractivity contribution < 1.29 is 0 Å². The summed E-state index contributed by atoms with van der Waals surface area (Å²) >= 11 is 1.77. The van der Waals surface area contributed by atoms with E-state index in [0.29, 0.717) is 6.04 Å². The molecule has 1 rings (SSSR count). The van der Waals surface area contributed by atoms with Gasteiger partial charge in [0.2, 0.25) is 0 Å². The minimum absolute atomic E-state index is 0.643. The molecule has 0 bridgehead atoms. The molecule has 0 unspecified atom stereocenters. The standard InChI is InChI=1S/C9H15NS/c1-8(10(2)3)6-9-4-5-11-7-9/h4-5,7-8H,6H2,1-3H3/t8-/m1/s1. The second-order valence-corrected chi connectivity index (χ2v) is 3.93. The van der Waals surface area contributed by atoms with Gasteiger partial charge in [0.05, 0.1) is 0 Å². The van der Waals surface area contributed by atoms with Gasteiger partial charge in [-0.2, -0.15) is 11.3 Å². The summed E-state index contributed by atoms with van der Waals surface area (Å²) in [6, 6.07) is 2.84. The molecule has 1 heterocycles. The minimum atomic E-state index is 0.643. The van der Waals surface area contributed by atoms with Crippen LogP contribution in [0.15, 0.2) is 16.8 Å². The van der Waals surface area contributed by atoms with E-state index < -0.39 is 0 Å². The maximum atomic E-state index is 2.25. The van der Waals surface area contributed by atoms with Gasteiger partial charge in [0, 0.05) is 6.04 Å². The highest BCUT2D eigenvalue weighted by Crippen LogP contribution is 2.10. The molecule has 1 atom stereocenters. The van der Waals surface area contributed by atoms with Gasteiger partial charge >= 0.3 is 0 Å². The van der Waals surface area contributed by atoms with Gasteiger partial charge in [-0.15, -0.1) is 0 Å². The van der Waals surface area contributed by atoms with Crippen LogP contribution >= 0.6 is 11.3 Å². The van der Waals surface area contributed by atoms with Crippen LogP contribution in [0.4, 0.5) is 0 Å². The lowest BCUT2D eigenvalue weighted by molar-refractivity contribution is 0.312. The van der Waals surface area contributed by atoms with Crippen LogP contribution in [0.5, 0.6) is 0 Å². The van der Waals surface area contributed by atoms with E-state index in [9.17, 15) is 0 Å². The van der Waals surface area contributed by atoms with Gasteiger partial charge in [0.15, 0.2) is 0 Å². The Morgan fingerprint density at radius 2 is 2.27 bits per heavy atom. The summed E-state index contributed by atoms with van der Waals surface area (Å²) in [5, 5.41) is 4.36. The molecule has 11 heavy (non-hydrogen) atoms. The summed E-state index contributed by atoms with van der Waals surface area (Å²) in [6.45, 7) is 2.25. The zero-order valence-corrected chi connectivity index (χ0v) is 8.19. The van der Waals surface area contributed by atoms with Gasteiger partial charge in [-0.25, -0.2) is 0 Å². The highest BCUT2D eigenvalue weighted by molar-refractivity contribution is 7.07. The van der Waals surface area contributed by atoms with E-state index in [-0.39, 0.29) is 0 Å². The fourth-order valence-corrected chi connectivity index (χ4v) is 1.61. The molecule has 1 nitrogen and oxygen atoms in total. The molecule has 2 heteroatoms. The lowest BCUT2D eigenvalue weighted by atomic mass is 10.1. The fraction of sp³-hybridized carbons (Fsp3) is 0.556. The number of likely N-dealkylation sites (N-methyl/N-ethyl adjacent to an activating group) is 1. The Balaban J connectivity index is 2.43. The van der Waals surface area contributed by atoms with Gasteiger partial charge in [-0.05, 0) is 49.8 Å². The number of nitrogens with zero attached hydrogens (tertiary/aromatic N) is 1. The average Bonchev–Trinajstić information content (AvgIpc) is 2.39. The molecular weight excluding hydrogens is 154 g/mol. The molecule has 0 aromatic carbocycles. The van der Waals surface area contributed by atoms with Crippen molar-refractivity contribution in [1.29, 1.82) is 0 Å². The first-order valence-electron chi connectivity index (χ1n) is 3.87. The van der Waals surface area contributed by atoms with Gasteiger partial charge in [0.25, 0.3) is 0 Å². The van der Waals surface area contributed by atoms with Crippen molar-refractivity contribution in [2.24, 2.45) is 0 Å². The molecule has 0 spiro atoms. The number of rotatable bonds is 3. The van der Waals surface area contributed by atoms with Crippen LogP contribution in [0.2, 0.25) is 0 Å². The van der Waals surface area contributed by atoms with Crippen molar-refractivity contribution in [3.63, 3.8) is 0 Å². The molecule has 62 valence electrons. The predicted octanol–water partition coefficient (Wildman–Crippen LogP) is 2.24. The van der Waals surface area contributed by atoms with E-state index in [4.69, 9.17) is 0 Å². The first-order chi connectivity index (χ1) is 5.20. The van der Waals surface area contributed by atoms with Crippen LogP contribution in [-0.4, -0.2) is 25.0 Å². The van der Waals surface area contributed by atoms with Crippen molar-refractivity contribution in [3.8, 4) is 0 Å². The first kappa shape index (κ1) is 8.75. The summed E-state index contributed by atoms with van der Waals surface area (Å²) in [7, 11) is 4.24. The van der Waals surface area contributed by atoms with Crippen LogP contribution in [0.25, 0.3) is 0 Å². The second-order valence-electron chi connectivity index (χ2n) is 3.15. The van der Waals surface area contributed by atoms with Gasteiger partial charge < -0.3 is 4.90 Å². The smallest absolute Gasteiger partial charge is 0.0101 e. The molecule has 0 aliphatic carbocycles. The molecule has 1 aromatic heterocycles. The summed E-state index contributed by atoms with van der Waals surface area (Å²) in [5.41, 5.74) is 1.45. The summed E-state index contributed by atoms with van der Waals surface area (Å²) in [5.74, 6) is 0. The molecule has 0 radical (unpaired) electrons. The van der Waals surface area contributed by atoms with Gasteiger partial charge in [0.1, 0.15) is 0 Å². The van der Waals surface area contributed by atoms with E-state index >= 15 is 0 Å². The molecule has 0 saturated heterocycles. The maximum absolute atomic E-state index is 2.25. The van der Waals surface area contributed by atoms with E-state index in [2.05, 4.69) is 42.7 Å². The van der Waals surface area contributed by atoms with Crippen molar-refractivity contribution in [1.82, 2.24) is 4.90 Å². The summed E-state index contributed by atoms with van der Waals surface area (Å²) in [6.07, 6.45) is 1.16. The normalized spacial score (nSPS) is 13.8. The summed E-state index contributed by atoms with van der Waals surface area (Å²) < 4.78 is 0. The third-order valence-corrected chi connectivity index (χ3v) is 2.72. The van der Waals surface area contributed by atoms with Crippen LogP contribution in [-0.2, 0) is 6.42 Å². The Bertz CT molecular complexity index is 191. The zero-order chi connectivity index (χ0) is 8.27. The molecule has 0 amide bonds. The second kappa shape index (κ2) is 3.88. The van der Waals surface area contributed by atoms with Crippen LogP contribution in [0.1, 0.15) is 12.5 Å². The molecule has 0 aliphatic rings. The summed E-state index contributed by atoms with van der Waals surface area (Å²) in [4.78, 5) is 2.25. The van der Waals surface area contributed by atoms with E-state index in [0.717, 1.165) is 6.42 Å². The van der Waals surface area contributed by atoms with Crippen molar-refractivity contribution in [2.45, 2.75) is 19.4 Å². The minimum Gasteiger partial charge on any atom is -0.306 e. The Hall–Kier alpha value is -0.340. The lowest BCUT2D eigenvalue weighted by Crippen LogP contribution is -2.26. The van der Waals surface area contributed by atoms with E-state index in [1.165, 1.54) is 5.56 Å². The fourth-order valence-electron chi connectivity index (χ4n) is 0.932. The SMILES string of the molecule is C[C@H](Cc1ccsc1)N(C)C. The molecule has 0 saturated carbocycles. The molecule has 0 N–H and O–H groups in total. The number of hydrogen-bond acceptors (Lipinski definition) is 2. The maximum Gasteiger partial charge on any atom is 0.0101 e. The van der Waals surface area contributed by atoms with Crippen LogP contribution in [0, 0.1) is 0 Å². The molecule has 0 fully saturated rings. The zero-order valence-electron chi connectivity index (χ0n) is 7.37. The number of thiophene rings is 1. The largest absolute Gasteiger partial charge is 0.306 e. The van der Waals surface area contributed by atoms with Gasteiger partial charge in [-0.3, -0.25) is 0 Å². The first-order valence-corrected chi connectivity index (χ1v) is 4.82. The Labute approximate surface area is 72.7 Å².